The second-order valence-corrected chi connectivity index (χ2v) is 12.1. The van der Waals surface area contributed by atoms with Crippen LogP contribution in [0.3, 0.4) is 0 Å². The fourth-order valence-corrected chi connectivity index (χ4v) is 3.62. The molecule has 2 heteroatoms. The van der Waals surface area contributed by atoms with E-state index in [-0.39, 0.29) is 0 Å². The minimum Gasteiger partial charge on any atom is -0.386 e. The molecule has 0 aromatic heterocycles. The molecule has 2 nitrogen and oxygen atoms in total. The van der Waals surface area contributed by atoms with Gasteiger partial charge in [0.15, 0.2) is 0 Å². The monoisotopic (exact) mass is 584 g/mol. The van der Waals surface area contributed by atoms with Gasteiger partial charge in [-0.15, -0.1) is 0 Å². The molecular weight excluding hydrogens is 524 g/mol. The molecule has 0 saturated heterocycles. The Bertz CT molecular complexity index is 1190. The zero-order chi connectivity index (χ0) is 32.7. The minimum atomic E-state index is -0.661. The number of methoxy groups -OCH3 is 1. The van der Waals surface area contributed by atoms with Gasteiger partial charge in [-0.2, -0.15) is 0 Å². The van der Waals surface area contributed by atoms with E-state index >= 15 is 0 Å². The number of allylic oxidation sites excluding steroid dienone is 23. The number of ether oxygens (including phenoxy) is 1. The lowest BCUT2D eigenvalue weighted by atomic mass is 10.0. The maximum absolute atomic E-state index is 10.2. The Labute approximate surface area is 265 Å². The maximum Gasteiger partial charge on any atom is 0.101 e. The SMILES string of the molecule is COC(C)(C)C(O)/C=C/C(C)=C/C=C/C(C)=C/C=C/C(C)=C/C=C/C=C(C)/C=C/C=C(\C)CC/C=C(\C)CCC=C(C)C. The third kappa shape index (κ3) is 23.0. The molecule has 0 saturated carbocycles. The van der Waals surface area contributed by atoms with Crippen LogP contribution in [0.1, 0.15) is 94.9 Å². The number of rotatable bonds is 18. The molecule has 0 rings (SSSR count). The molecule has 0 spiro atoms. The summed E-state index contributed by atoms with van der Waals surface area (Å²) in [5.74, 6) is 0. The highest BCUT2D eigenvalue weighted by Crippen LogP contribution is 2.15. The summed E-state index contributed by atoms with van der Waals surface area (Å²) in [6.45, 7) is 20.8. The van der Waals surface area contributed by atoms with Gasteiger partial charge >= 0.3 is 0 Å². The second kappa shape index (κ2) is 23.3. The molecule has 43 heavy (non-hydrogen) atoms. The van der Waals surface area contributed by atoms with Gasteiger partial charge in [0, 0.05) is 7.11 Å². The van der Waals surface area contributed by atoms with E-state index < -0.39 is 11.7 Å². The zero-order valence-corrected chi connectivity index (χ0v) is 29.1. The summed E-state index contributed by atoms with van der Waals surface area (Å²) in [5, 5.41) is 10.2. The van der Waals surface area contributed by atoms with Crippen LogP contribution in [0.15, 0.2) is 142 Å². The first-order valence-electron chi connectivity index (χ1n) is 15.5. The van der Waals surface area contributed by atoms with Crippen LogP contribution in [-0.2, 0) is 4.74 Å². The van der Waals surface area contributed by atoms with Crippen molar-refractivity contribution in [3.05, 3.63) is 142 Å². The van der Waals surface area contributed by atoms with E-state index in [9.17, 15) is 5.11 Å². The molecule has 1 unspecified atom stereocenters. The largest absolute Gasteiger partial charge is 0.386 e. The van der Waals surface area contributed by atoms with Gasteiger partial charge in [-0.25, -0.2) is 0 Å². The van der Waals surface area contributed by atoms with Crippen LogP contribution in [0.4, 0.5) is 0 Å². The van der Waals surface area contributed by atoms with Gasteiger partial charge in [0.1, 0.15) is 6.10 Å². The van der Waals surface area contributed by atoms with Crippen LogP contribution in [-0.4, -0.2) is 23.9 Å². The fraction of sp³-hybridized carbons (Fsp3) is 0.415. The lowest BCUT2D eigenvalue weighted by molar-refractivity contribution is -0.0562. The Kier molecular flexibility index (Phi) is 21.5. The van der Waals surface area contributed by atoms with E-state index in [0.29, 0.717) is 0 Å². The predicted molar refractivity (Wildman–Crippen MR) is 193 cm³/mol. The predicted octanol–water partition coefficient (Wildman–Crippen LogP) is 11.8. The Morgan fingerprint density at radius 1 is 0.581 bits per heavy atom. The third-order valence-electron chi connectivity index (χ3n) is 6.91. The normalized spacial score (nSPS) is 16.2. The van der Waals surface area contributed by atoms with Crippen molar-refractivity contribution in [3.8, 4) is 0 Å². The van der Waals surface area contributed by atoms with Gasteiger partial charge in [0.25, 0.3) is 0 Å². The first-order valence-corrected chi connectivity index (χ1v) is 15.5. The molecule has 0 aliphatic heterocycles. The molecule has 0 aliphatic rings. The van der Waals surface area contributed by atoms with Gasteiger partial charge in [-0.05, 0) is 94.9 Å². The first-order chi connectivity index (χ1) is 20.3. The van der Waals surface area contributed by atoms with Crippen molar-refractivity contribution in [1.82, 2.24) is 0 Å². The van der Waals surface area contributed by atoms with Crippen LogP contribution in [0, 0.1) is 0 Å². The van der Waals surface area contributed by atoms with Crippen LogP contribution in [0.2, 0.25) is 0 Å². The summed E-state index contributed by atoms with van der Waals surface area (Å²) in [5.41, 5.74) is 8.30. The van der Waals surface area contributed by atoms with Crippen LogP contribution < -0.4 is 0 Å². The molecular formula is C41H60O2. The van der Waals surface area contributed by atoms with Crippen LogP contribution in [0.25, 0.3) is 0 Å². The number of hydrogen-bond acceptors (Lipinski definition) is 2. The van der Waals surface area contributed by atoms with Crippen molar-refractivity contribution < 1.29 is 9.84 Å². The van der Waals surface area contributed by atoms with Crippen molar-refractivity contribution in [3.63, 3.8) is 0 Å². The molecule has 0 aliphatic carbocycles. The van der Waals surface area contributed by atoms with Crippen molar-refractivity contribution in [1.29, 1.82) is 0 Å². The Hall–Kier alpha value is -3.20. The standard InChI is InChI=1S/C41H60O2/c1-33(2)19-14-22-36(5)25-17-28-37(6)26-15-23-34(3)20-12-13-21-35(4)24-16-27-38(7)29-18-30-39(8)31-32-40(42)41(9,10)43-11/h12-13,15-16,18-21,23-27,29-32,40,42H,14,17,22,28H2,1-11H3/b13-12+,23-15+,24-16+,29-18+,32-31+,34-20+,35-21+,36-25+,37-26+,38-27+,39-30+. The maximum atomic E-state index is 10.2. The molecule has 1 atom stereocenters. The highest BCUT2D eigenvalue weighted by Gasteiger charge is 2.24. The molecule has 0 radical (unpaired) electrons. The van der Waals surface area contributed by atoms with Gasteiger partial charge in [-0.3, -0.25) is 0 Å². The lowest BCUT2D eigenvalue weighted by Gasteiger charge is -2.26. The molecule has 236 valence electrons. The van der Waals surface area contributed by atoms with Gasteiger partial charge in [-0.1, -0.05) is 142 Å². The average Bonchev–Trinajstić information content (AvgIpc) is 2.93. The van der Waals surface area contributed by atoms with Crippen molar-refractivity contribution in [2.75, 3.05) is 7.11 Å². The second-order valence-electron chi connectivity index (χ2n) is 12.1. The lowest BCUT2D eigenvalue weighted by Crippen LogP contribution is -2.36. The highest BCUT2D eigenvalue weighted by atomic mass is 16.5. The van der Waals surface area contributed by atoms with Gasteiger partial charge in [0.05, 0.1) is 5.60 Å². The summed E-state index contributed by atoms with van der Waals surface area (Å²) in [6, 6.07) is 0. The molecule has 0 aromatic carbocycles. The highest BCUT2D eigenvalue weighted by molar-refractivity contribution is 5.32. The van der Waals surface area contributed by atoms with E-state index in [1.54, 1.807) is 13.2 Å². The molecule has 0 aromatic rings. The average molecular weight is 585 g/mol. The van der Waals surface area contributed by atoms with Gasteiger partial charge < -0.3 is 9.84 Å². The van der Waals surface area contributed by atoms with E-state index in [0.717, 1.165) is 36.8 Å². The zero-order valence-electron chi connectivity index (χ0n) is 29.1. The Morgan fingerprint density at radius 2 is 1.00 bits per heavy atom. The Morgan fingerprint density at radius 3 is 1.49 bits per heavy atom. The fourth-order valence-electron chi connectivity index (χ4n) is 3.62. The van der Waals surface area contributed by atoms with Crippen molar-refractivity contribution >= 4 is 0 Å². The summed E-state index contributed by atoms with van der Waals surface area (Å²) >= 11 is 0. The first kappa shape index (κ1) is 39.8. The van der Waals surface area contributed by atoms with Crippen LogP contribution >= 0.6 is 0 Å². The minimum absolute atomic E-state index is 0.604. The van der Waals surface area contributed by atoms with E-state index in [1.807, 2.05) is 39.0 Å². The van der Waals surface area contributed by atoms with E-state index in [4.69, 9.17) is 4.74 Å². The molecule has 0 amide bonds. The third-order valence-corrected chi connectivity index (χ3v) is 6.91. The summed E-state index contributed by atoms with van der Waals surface area (Å²) in [4.78, 5) is 0. The Balaban J connectivity index is 4.72. The molecule has 1 N–H and O–H groups in total. The van der Waals surface area contributed by atoms with Crippen molar-refractivity contribution in [2.45, 2.75) is 107 Å². The number of aliphatic hydroxyl groups is 1. The van der Waals surface area contributed by atoms with Gasteiger partial charge in [0.2, 0.25) is 0 Å². The number of aliphatic hydroxyl groups excluding tert-OH is 1. The molecule has 0 bridgehead atoms. The smallest absolute Gasteiger partial charge is 0.101 e. The summed E-state index contributed by atoms with van der Waals surface area (Å²) < 4.78 is 5.31. The number of hydrogen-bond donors (Lipinski definition) is 1. The molecule has 0 fully saturated rings. The molecule has 0 heterocycles. The summed E-state index contributed by atoms with van der Waals surface area (Å²) in [7, 11) is 1.61. The van der Waals surface area contributed by atoms with Crippen LogP contribution in [0.5, 0.6) is 0 Å². The van der Waals surface area contributed by atoms with E-state index in [1.165, 1.54) is 27.9 Å². The summed E-state index contributed by atoms with van der Waals surface area (Å²) in [6.07, 6.45) is 39.5. The topological polar surface area (TPSA) is 29.5 Å². The van der Waals surface area contributed by atoms with Crippen molar-refractivity contribution in [2.24, 2.45) is 0 Å². The van der Waals surface area contributed by atoms with E-state index in [2.05, 4.69) is 127 Å². The quantitative estimate of drug-likeness (QED) is 0.128.